The van der Waals surface area contributed by atoms with Crippen LogP contribution >= 0.6 is 0 Å². The third kappa shape index (κ3) is 3.14. The number of pyridine rings is 1. The van der Waals surface area contributed by atoms with E-state index >= 15 is 0 Å². The van der Waals surface area contributed by atoms with Crippen LogP contribution in [0, 0.1) is 5.92 Å². The van der Waals surface area contributed by atoms with Gasteiger partial charge in [-0.05, 0) is 30.5 Å². The van der Waals surface area contributed by atoms with E-state index in [0.717, 1.165) is 17.5 Å². The quantitative estimate of drug-likeness (QED) is 0.670. The molecule has 1 unspecified atom stereocenters. The number of aromatic nitrogens is 2. The molecule has 2 aliphatic heterocycles. The van der Waals surface area contributed by atoms with Gasteiger partial charge in [0.25, 0.3) is 5.56 Å². The van der Waals surface area contributed by atoms with Crippen molar-refractivity contribution in [1.29, 1.82) is 0 Å². The average molecular weight is 421 g/mol. The van der Waals surface area contributed by atoms with E-state index in [1.165, 1.54) is 6.07 Å². The molecule has 1 saturated heterocycles. The maximum Gasteiger partial charge on any atom is 0.335 e. The highest BCUT2D eigenvalue weighted by atomic mass is 16.4. The molecule has 0 radical (unpaired) electrons. The summed E-state index contributed by atoms with van der Waals surface area (Å²) in [5, 5.41) is 20.2. The predicted octanol–water partition coefficient (Wildman–Crippen LogP) is 2.28. The number of aryl methyl sites for hydroxylation is 1. The van der Waals surface area contributed by atoms with Gasteiger partial charge in [0.15, 0.2) is 0 Å². The maximum absolute atomic E-state index is 12.4. The minimum atomic E-state index is -1.02. The molecule has 4 heterocycles. The Morgan fingerprint density at radius 1 is 1.10 bits per heavy atom. The van der Waals surface area contributed by atoms with Gasteiger partial charge in [-0.3, -0.25) is 14.5 Å². The Hall–Kier alpha value is -3.39. The molecule has 0 spiro atoms. The van der Waals surface area contributed by atoms with Crippen molar-refractivity contribution < 1.29 is 19.8 Å². The molecule has 31 heavy (non-hydrogen) atoms. The van der Waals surface area contributed by atoms with Gasteiger partial charge < -0.3 is 19.3 Å². The van der Waals surface area contributed by atoms with Gasteiger partial charge in [-0.25, -0.2) is 4.79 Å². The summed E-state index contributed by atoms with van der Waals surface area (Å²) in [4.78, 5) is 38.1. The molecule has 0 saturated carbocycles. The lowest BCUT2D eigenvalue weighted by Gasteiger charge is -2.44. The second kappa shape index (κ2) is 7.09. The highest BCUT2D eigenvalue weighted by Gasteiger charge is 2.40. The number of carboxylic acids is 2. The number of piperidine rings is 1. The van der Waals surface area contributed by atoms with Gasteiger partial charge in [-0.1, -0.05) is 12.1 Å². The van der Waals surface area contributed by atoms with Gasteiger partial charge >= 0.3 is 11.9 Å². The molecule has 5 rings (SSSR count). The number of benzene rings is 1. The molecule has 1 fully saturated rings. The molecular formula is C23H23N3O5. The number of aliphatic carboxylic acids is 1. The van der Waals surface area contributed by atoms with Crippen molar-refractivity contribution in [2.75, 3.05) is 13.1 Å². The summed E-state index contributed by atoms with van der Waals surface area (Å²) in [6.07, 6.45) is 2.74. The zero-order valence-corrected chi connectivity index (χ0v) is 17.1. The molecule has 8 heteroatoms. The molecule has 0 amide bonds. The van der Waals surface area contributed by atoms with Crippen LogP contribution in [-0.4, -0.2) is 49.3 Å². The SMILES string of the molecule is Cn1cc(C(C(=O)O)N2C[C@@H]3C[C@@H](C2)c2cccc(=O)n2C3)c2ccc(C(=O)O)cc21. The zero-order valence-electron chi connectivity index (χ0n) is 17.1. The van der Waals surface area contributed by atoms with Crippen LogP contribution in [0.4, 0.5) is 0 Å². The summed E-state index contributed by atoms with van der Waals surface area (Å²) in [7, 11) is 1.80. The lowest BCUT2D eigenvalue weighted by atomic mass is 9.82. The van der Waals surface area contributed by atoms with E-state index in [1.807, 2.05) is 15.5 Å². The van der Waals surface area contributed by atoms with Gasteiger partial charge in [-0.15, -0.1) is 0 Å². The van der Waals surface area contributed by atoms with Crippen LogP contribution in [0.2, 0.25) is 0 Å². The highest BCUT2D eigenvalue weighted by molar-refractivity contribution is 5.96. The van der Waals surface area contributed by atoms with E-state index in [0.29, 0.717) is 30.7 Å². The third-order valence-electron chi connectivity index (χ3n) is 6.67. The molecule has 1 aromatic carbocycles. The van der Waals surface area contributed by atoms with Crippen LogP contribution in [0.25, 0.3) is 10.9 Å². The lowest BCUT2D eigenvalue weighted by Crippen LogP contribution is -2.49. The van der Waals surface area contributed by atoms with Crippen LogP contribution in [0.5, 0.6) is 0 Å². The lowest BCUT2D eigenvalue weighted by molar-refractivity contribution is -0.144. The van der Waals surface area contributed by atoms with E-state index in [9.17, 15) is 24.6 Å². The molecular weight excluding hydrogens is 398 g/mol. The molecule has 3 atom stereocenters. The minimum absolute atomic E-state index is 0.00118. The van der Waals surface area contributed by atoms with Crippen molar-refractivity contribution >= 4 is 22.8 Å². The Kier molecular flexibility index (Phi) is 4.48. The average Bonchev–Trinajstić information content (AvgIpc) is 3.04. The first-order valence-electron chi connectivity index (χ1n) is 10.3. The number of hydrogen-bond acceptors (Lipinski definition) is 4. The molecule has 2 aliphatic rings. The number of likely N-dealkylation sites (tertiary alicyclic amines) is 1. The molecule has 160 valence electrons. The first kappa shape index (κ1) is 19.6. The molecule has 8 nitrogen and oxygen atoms in total. The van der Waals surface area contributed by atoms with Crippen molar-refractivity contribution in [3.63, 3.8) is 0 Å². The molecule has 3 aromatic rings. The summed E-state index contributed by atoms with van der Waals surface area (Å²) >= 11 is 0. The Morgan fingerprint density at radius 3 is 2.65 bits per heavy atom. The number of fused-ring (bicyclic) bond motifs is 5. The van der Waals surface area contributed by atoms with Gasteiger partial charge in [0.05, 0.1) is 5.56 Å². The van der Waals surface area contributed by atoms with Crippen molar-refractivity contribution in [3.05, 3.63) is 69.8 Å². The van der Waals surface area contributed by atoms with Crippen LogP contribution in [0.15, 0.2) is 47.4 Å². The van der Waals surface area contributed by atoms with Gasteiger partial charge in [0, 0.05) is 67.0 Å². The standard InChI is InChI=1S/C23H23N3O5/c1-24-12-17(16-6-5-14(22(28)29)8-19(16)24)21(23(30)31)25-9-13-7-15(11-25)18-3-2-4-20(27)26(18)10-13/h2-6,8,12-13,15,21H,7,9-11H2,1H3,(H,28,29)(H,30,31)/t13-,15-,21?/m0/s1. The second-order valence-corrected chi connectivity index (χ2v) is 8.63. The van der Waals surface area contributed by atoms with Gasteiger partial charge in [0.2, 0.25) is 0 Å². The summed E-state index contributed by atoms with van der Waals surface area (Å²) in [5.41, 5.74) is 2.49. The Bertz CT molecular complexity index is 1270. The summed E-state index contributed by atoms with van der Waals surface area (Å²) in [5.74, 6) is -1.63. The van der Waals surface area contributed by atoms with Crippen LogP contribution < -0.4 is 5.56 Å². The Labute approximate surface area is 177 Å². The number of carboxylic acid groups (broad SMARTS) is 2. The topological polar surface area (TPSA) is 105 Å². The minimum Gasteiger partial charge on any atom is -0.480 e. The molecule has 0 aliphatic carbocycles. The van der Waals surface area contributed by atoms with E-state index in [4.69, 9.17) is 0 Å². The van der Waals surface area contributed by atoms with Gasteiger partial charge in [-0.2, -0.15) is 0 Å². The number of carbonyl (C=O) groups is 2. The first-order valence-corrected chi connectivity index (χ1v) is 10.3. The van der Waals surface area contributed by atoms with Crippen molar-refractivity contribution in [1.82, 2.24) is 14.0 Å². The first-order chi connectivity index (χ1) is 14.8. The van der Waals surface area contributed by atoms with E-state index in [1.54, 1.807) is 42.1 Å². The molecule has 2 bridgehead atoms. The number of hydrogen-bond donors (Lipinski definition) is 2. The van der Waals surface area contributed by atoms with Crippen LogP contribution in [0.1, 0.15) is 40.0 Å². The van der Waals surface area contributed by atoms with Crippen molar-refractivity contribution in [2.45, 2.75) is 24.9 Å². The fourth-order valence-corrected chi connectivity index (χ4v) is 5.40. The number of aromatic carboxylic acids is 1. The smallest absolute Gasteiger partial charge is 0.335 e. The molecule has 2 aromatic heterocycles. The zero-order chi connectivity index (χ0) is 21.9. The maximum atomic E-state index is 12.4. The number of nitrogens with zero attached hydrogens (tertiary/aromatic N) is 3. The van der Waals surface area contributed by atoms with Crippen molar-refractivity contribution in [3.8, 4) is 0 Å². The normalized spacial score (nSPS) is 21.6. The largest absolute Gasteiger partial charge is 0.480 e. The van der Waals surface area contributed by atoms with E-state index in [-0.39, 0.29) is 23.0 Å². The Morgan fingerprint density at radius 2 is 1.90 bits per heavy atom. The van der Waals surface area contributed by atoms with Crippen LogP contribution in [-0.2, 0) is 18.4 Å². The fraction of sp³-hybridized carbons (Fsp3) is 0.348. The summed E-state index contributed by atoms with van der Waals surface area (Å²) < 4.78 is 3.62. The van der Waals surface area contributed by atoms with Crippen molar-refractivity contribution in [2.24, 2.45) is 13.0 Å². The van der Waals surface area contributed by atoms with E-state index in [2.05, 4.69) is 0 Å². The van der Waals surface area contributed by atoms with Gasteiger partial charge in [0.1, 0.15) is 6.04 Å². The monoisotopic (exact) mass is 421 g/mol. The number of rotatable bonds is 4. The van der Waals surface area contributed by atoms with Crippen LogP contribution in [0.3, 0.4) is 0 Å². The van der Waals surface area contributed by atoms with E-state index < -0.39 is 18.0 Å². The summed E-state index contributed by atoms with van der Waals surface area (Å²) in [6.45, 7) is 1.75. The summed E-state index contributed by atoms with van der Waals surface area (Å²) in [6, 6.07) is 9.26. The third-order valence-corrected chi connectivity index (χ3v) is 6.67. The highest BCUT2D eigenvalue weighted by Crippen LogP contribution is 2.40. The second-order valence-electron chi connectivity index (χ2n) is 8.63. The predicted molar refractivity (Wildman–Crippen MR) is 113 cm³/mol. The molecule has 2 N–H and O–H groups in total. The fourth-order valence-electron chi connectivity index (χ4n) is 5.40. The Balaban J connectivity index is 1.55.